The number of rotatable bonds is 8. The van der Waals surface area contributed by atoms with Gasteiger partial charge in [0.2, 0.25) is 15.9 Å². The SMILES string of the molecule is COc1ccc(OC)c(N(CC(=O)N[C@H](C)C(C)C)S(C)(=O)=O)c1. The highest BCUT2D eigenvalue weighted by Gasteiger charge is 2.25. The van der Waals surface area contributed by atoms with Crippen molar-refractivity contribution in [3.63, 3.8) is 0 Å². The number of benzene rings is 1. The minimum absolute atomic E-state index is 0.0638. The predicted octanol–water partition coefficient (Wildman–Crippen LogP) is 1.63. The van der Waals surface area contributed by atoms with Crippen LogP contribution in [0.5, 0.6) is 11.5 Å². The lowest BCUT2D eigenvalue weighted by atomic mass is 10.1. The third-order valence-electron chi connectivity index (χ3n) is 3.73. The van der Waals surface area contributed by atoms with E-state index in [4.69, 9.17) is 9.47 Å². The Bertz CT molecular complexity index is 673. The number of carbonyl (C=O) groups excluding carboxylic acids is 1. The Balaban J connectivity index is 3.18. The van der Waals surface area contributed by atoms with Gasteiger partial charge in [0.25, 0.3) is 0 Å². The lowest BCUT2D eigenvalue weighted by Gasteiger charge is -2.25. The van der Waals surface area contributed by atoms with Crippen LogP contribution < -0.4 is 19.1 Å². The van der Waals surface area contributed by atoms with Crippen molar-refractivity contribution in [2.24, 2.45) is 5.92 Å². The molecule has 0 aromatic heterocycles. The second kappa shape index (κ2) is 8.23. The second-order valence-corrected chi connectivity index (χ2v) is 7.81. The molecule has 0 aliphatic rings. The summed E-state index contributed by atoms with van der Waals surface area (Å²) < 4.78 is 35.8. The molecule has 24 heavy (non-hydrogen) atoms. The van der Waals surface area contributed by atoms with Crippen LogP contribution >= 0.6 is 0 Å². The Hall–Kier alpha value is -1.96. The van der Waals surface area contributed by atoms with Gasteiger partial charge in [0, 0.05) is 12.1 Å². The lowest BCUT2D eigenvalue weighted by Crippen LogP contribution is -2.44. The molecular weight excluding hydrogens is 332 g/mol. The molecule has 0 saturated heterocycles. The van der Waals surface area contributed by atoms with Crippen molar-refractivity contribution >= 4 is 21.6 Å². The van der Waals surface area contributed by atoms with Gasteiger partial charge in [0.1, 0.15) is 18.0 Å². The zero-order valence-electron chi connectivity index (χ0n) is 15.0. The van der Waals surface area contributed by atoms with Crippen LogP contribution in [-0.4, -0.2) is 47.4 Å². The first-order valence-corrected chi connectivity index (χ1v) is 9.44. The molecule has 0 aliphatic heterocycles. The third kappa shape index (κ3) is 5.30. The molecule has 0 heterocycles. The van der Waals surface area contributed by atoms with E-state index in [1.807, 2.05) is 20.8 Å². The summed E-state index contributed by atoms with van der Waals surface area (Å²) in [6.07, 6.45) is 1.05. The van der Waals surface area contributed by atoms with Crippen molar-refractivity contribution in [3.8, 4) is 11.5 Å². The fraction of sp³-hybridized carbons (Fsp3) is 0.562. The van der Waals surface area contributed by atoms with Gasteiger partial charge in [-0.25, -0.2) is 8.42 Å². The molecule has 0 spiro atoms. The first kappa shape index (κ1) is 20.1. The molecule has 0 bridgehead atoms. The number of ether oxygens (including phenoxy) is 2. The Labute approximate surface area is 144 Å². The van der Waals surface area contributed by atoms with Crippen molar-refractivity contribution in [2.75, 3.05) is 31.3 Å². The number of nitrogens with one attached hydrogen (secondary N) is 1. The van der Waals surface area contributed by atoms with E-state index in [-0.39, 0.29) is 30.1 Å². The lowest BCUT2D eigenvalue weighted by molar-refractivity contribution is -0.120. The van der Waals surface area contributed by atoms with Crippen molar-refractivity contribution in [2.45, 2.75) is 26.8 Å². The number of anilines is 1. The van der Waals surface area contributed by atoms with E-state index >= 15 is 0 Å². The summed E-state index contributed by atoms with van der Waals surface area (Å²) in [5, 5.41) is 2.80. The maximum absolute atomic E-state index is 12.3. The highest BCUT2D eigenvalue weighted by molar-refractivity contribution is 7.92. The van der Waals surface area contributed by atoms with Gasteiger partial charge in [-0.1, -0.05) is 13.8 Å². The summed E-state index contributed by atoms with van der Waals surface area (Å²) >= 11 is 0. The van der Waals surface area contributed by atoms with Gasteiger partial charge in [0.05, 0.1) is 26.2 Å². The molecule has 1 atom stereocenters. The molecule has 0 unspecified atom stereocenters. The smallest absolute Gasteiger partial charge is 0.240 e. The summed E-state index contributed by atoms with van der Waals surface area (Å²) in [7, 11) is -0.773. The molecule has 136 valence electrons. The normalized spacial score (nSPS) is 12.6. The van der Waals surface area contributed by atoms with Crippen LogP contribution in [0.3, 0.4) is 0 Å². The van der Waals surface area contributed by atoms with Crippen molar-refractivity contribution in [3.05, 3.63) is 18.2 Å². The molecule has 7 nitrogen and oxygen atoms in total. The first-order valence-electron chi connectivity index (χ1n) is 7.59. The standard InChI is InChI=1S/C16H26N2O5S/c1-11(2)12(3)17-16(19)10-18(24(6,20)21)14-9-13(22-4)7-8-15(14)23-5/h7-9,11-12H,10H2,1-6H3,(H,17,19)/t12-/m1/s1. The van der Waals surface area contributed by atoms with E-state index in [9.17, 15) is 13.2 Å². The number of methoxy groups -OCH3 is 2. The maximum atomic E-state index is 12.3. The van der Waals surface area contributed by atoms with E-state index in [2.05, 4.69) is 5.32 Å². The highest BCUT2D eigenvalue weighted by atomic mass is 32.2. The fourth-order valence-corrected chi connectivity index (χ4v) is 2.82. The van der Waals surface area contributed by atoms with Crippen LogP contribution in [0.25, 0.3) is 0 Å². The van der Waals surface area contributed by atoms with Gasteiger partial charge in [0.15, 0.2) is 0 Å². The Kier molecular flexibility index (Phi) is 6.89. The molecule has 1 rings (SSSR count). The Morgan fingerprint density at radius 2 is 1.83 bits per heavy atom. The molecule has 1 N–H and O–H groups in total. The third-order valence-corrected chi connectivity index (χ3v) is 4.86. The summed E-state index contributed by atoms with van der Waals surface area (Å²) in [6.45, 7) is 5.49. The van der Waals surface area contributed by atoms with E-state index in [1.165, 1.54) is 20.3 Å². The molecule has 8 heteroatoms. The van der Waals surface area contributed by atoms with Crippen LogP contribution in [0.15, 0.2) is 18.2 Å². The minimum atomic E-state index is -3.69. The van der Waals surface area contributed by atoms with Crippen molar-refractivity contribution in [1.82, 2.24) is 5.32 Å². The fourth-order valence-electron chi connectivity index (χ4n) is 1.97. The Morgan fingerprint density at radius 3 is 2.29 bits per heavy atom. The molecule has 0 aliphatic carbocycles. The number of hydrogen-bond donors (Lipinski definition) is 1. The summed E-state index contributed by atoms with van der Waals surface area (Å²) in [6, 6.07) is 4.72. The molecule has 0 radical (unpaired) electrons. The molecular formula is C16H26N2O5S. The number of sulfonamides is 1. The van der Waals surface area contributed by atoms with Crippen LogP contribution in [-0.2, 0) is 14.8 Å². The van der Waals surface area contributed by atoms with Crippen LogP contribution in [0.4, 0.5) is 5.69 Å². The van der Waals surface area contributed by atoms with Crippen molar-refractivity contribution in [1.29, 1.82) is 0 Å². The van der Waals surface area contributed by atoms with Crippen LogP contribution in [0.2, 0.25) is 0 Å². The number of hydrogen-bond acceptors (Lipinski definition) is 5. The predicted molar refractivity (Wildman–Crippen MR) is 94.2 cm³/mol. The summed E-state index contributed by atoms with van der Waals surface area (Å²) in [5.41, 5.74) is 0.256. The number of amides is 1. The largest absolute Gasteiger partial charge is 0.497 e. The molecule has 1 aromatic rings. The van der Waals surface area contributed by atoms with E-state index in [0.717, 1.165) is 10.6 Å². The average molecular weight is 358 g/mol. The molecule has 1 amide bonds. The van der Waals surface area contributed by atoms with Crippen LogP contribution in [0, 0.1) is 5.92 Å². The summed E-state index contributed by atoms with van der Waals surface area (Å²) in [5.74, 6) is 0.667. The van der Waals surface area contributed by atoms with Gasteiger partial charge in [-0.05, 0) is 25.0 Å². The summed E-state index contributed by atoms with van der Waals surface area (Å²) in [4.78, 5) is 12.3. The van der Waals surface area contributed by atoms with Gasteiger partial charge in [-0.3, -0.25) is 9.10 Å². The van der Waals surface area contributed by atoms with E-state index in [0.29, 0.717) is 11.5 Å². The number of carbonyl (C=O) groups is 1. The first-order chi connectivity index (χ1) is 11.1. The quantitative estimate of drug-likeness (QED) is 0.763. The van der Waals surface area contributed by atoms with Crippen LogP contribution in [0.1, 0.15) is 20.8 Å². The molecule has 1 aromatic carbocycles. The van der Waals surface area contributed by atoms with E-state index < -0.39 is 10.0 Å². The minimum Gasteiger partial charge on any atom is -0.497 e. The van der Waals surface area contributed by atoms with E-state index in [1.54, 1.807) is 12.1 Å². The van der Waals surface area contributed by atoms with Gasteiger partial charge >= 0.3 is 0 Å². The molecule has 0 saturated carbocycles. The van der Waals surface area contributed by atoms with Gasteiger partial charge < -0.3 is 14.8 Å². The number of nitrogens with zero attached hydrogens (tertiary/aromatic N) is 1. The topological polar surface area (TPSA) is 84.9 Å². The highest BCUT2D eigenvalue weighted by Crippen LogP contribution is 2.33. The zero-order chi connectivity index (χ0) is 18.5. The van der Waals surface area contributed by atoms with Gasteiger partial charge in [-0.2, -0.15) is 0 Å². The average Bonchev–Trinajstić information content (AvgIpc) is 2.50. The monoisotopic (exact) mass is 358 g/mol. The molecule has 0 fully saturated rings. The van der Waals surface area contributed by atoms with Gasteiger partial charge in [-0.15, -0.1) is 0 Å². The van der Waals surface area contributed by atoms with Crippen molar-refractivity contribution < 1.29 is 22.7 Å². The second-order valence-electron chi connectivity index (χ2n) is 5.91. The zero-order valence-corrected chi connectivity index (χ0v) is 15.8. The Morgan fingerprint density at radius 1 is 1.21 bits per heavy atom. The maximum Gasteiger partial charge on any atom is 0.240 e.